The van der Waals surface area contributed by atoms with Crippen LogP contribution in [0.3, 0.4) is 0 Å². The number of carbonyl (C=O) groups excluding carboxylic acids is 1. The highest BCUT2D eigenvalue weighted by Gasteiger charge is 2.18. The van der Waals surface area contributed by atoms with Crippen molar-refractivity contribution in [3.05, 3.63) is 10.8 Å². The van der Waals surface area contributed by atoms with E-state index in [2.05, 4.69) is 25.2 Å². The second kappa shape index (κ2) is 19.1. The number of piperidine rings is 1. The molecule has 1 aliphatic heterocycles. The quantitative estimate of drug-likeness (QED) is 0.177. The molecule has 1 amide bonds. The molecule has 33 heavy (non-hydrogen) atoms. The Morgan fingerprint density at radius 3 is 2.33 bits per heavy atom. The van der Waals surface area contributed by atoms with E-state index in [1.165, 1.54) is 32.4 Å². The largest absolute Gasteiger partial charge is 0.382 e. The molecule has 0 radical (unpaired) electrons. The lowest BCUT2D eigenvalue weighted by Crippen LogP contribution is -2.38. The summed E-state index contributed by atoms with van der Waals surface area (Å²) < 4.78 is 0. The van der Waals surface area contributed by atoms with E-state index in [0.717, 1.165) is 38.3 Å². The van der Waals surface area contributed by atoms with Gasteiger partial charge in [-0.05, 0) is 57.8 Å². The van der Waals surface area contributed by atoms with Gasteiger partial charge in [-0.15, -0.1) is 37.2 Å². The van der Waals surface area contributed by atoms with Crippen LogP contribution in [0.15, 0.2) is 4.99 Å². The molecule has 1 fully saturated rings. The molecule has 1 saturated heterocycles. The summed E-state index contributed by atoms with van der Waals surface area (Å²) in [4.78, 5) is 26.4. The van der Waals surface area contributed by atoms with E-state index in [9.17, 15) is 4.79 Å². The van der Waals surface area contributed by atoms with Gasteiger partial charge in [0, 0.05) is 6.54 Å². The Balaban J connectivity index is -0.00000225. The molecule has 2 rings (SSSR count). The molecule has 1 aromatic heterocycles. The van der Waals surface area contributed by atoms with Crippen LogP contribution >= 0.6 is 48.8 Å². The molecule has 0 aromatic carbocycles. The monoisotopic (exact) mass is 549 g/mol. The van der Waals surface area contributed by atoms with Crippen LogP contribution in [0.5, 0.6) is 0 Å². The van der Waals surface area contributed by atoms with Gasteiger partial charge in [-0.25, -0.2) is 9.97 Å². The summed E-state index contributed by atoms with van der Waals surface area (Å²) in [5.41, 5.74) is 22.3. The first-order valence-corrected chi connectivity index (χ1v) is 10.4. The number of rotatable bonds is 9. The molecule has 0 unspecified atom stereocenters. The Hall–Kier alpha value is -1.30. The third-order valence-electron chi connectivity index (χ3n) is 5.05. The number of likely N-dealkylation sites (tertiary alicyclic amines) is 1. The summed E-state index contributed by atoms with van der Waals surface area (Å²) in [5, 5.41) is 2.35. The number of hydrogen-bond acceptors (Lipinski definition) is 8. The molecule has 1 aliphatic rings. The highest BCUT2D eigenvalue weighted by molar-refractivity contribution is 6.31. The van der Waals surface area contributed by atoms with Crippen LogP contribution < -0.4 is 28.3 Å². The normalized spacial score (nSPS) is 14.2. The van der Waals surface area contributed by atoms with Crippen LogP contribution in [0.1, 0.15) is 56.4 Å². The molecule has 0 saturated carbocycles. The highest BCUT2D eigenvalue weighted by atomic mass is 35.5. The Morgan fingerprint density at radius 2 is 1.73 bits per heavy atom. The molecule has 0 atom stereocenters. The number of amides is 1. The third kappa shape index (κ3) is 12.7. The number of nitrogens with zero attached hydrogens (tertiary/aromatic N) is 4. The number of aromatic nitrogens is 2. The van der Waals surface area contributed by atoms with E-state index in [1.54, 1.807) is 0 Å². The van der Waals surface area contributed by atoms with Crippen LogP contribution in [-0.4, -0.2) is 59.5 Å². The van der Waals surface area contributed by atoms with Crippen LogP contribution in [0.4, 0.5) is 11.6 Å². The maximum Gasteiger partial charge on any atom is 0.280 e. The highest BCUT2D eigenvalue weighted by Crippen LogP contribution is 2.22. The fraction of sp³-hybridized carbons (Fsp3) is 0.684. The van der Waals surface area contributed by atoms with Crippen LogP contribution in [0.2, 0.25) is 5.15 Å². The lowest BCUT2D eigenvalue weighted by molar-refractivity contribution is 0.0972. The number of nitrogen functional groups attached to an aromatic ring is 2. The predicted octanol–water partition coefficient (Wildman–Crippen LogP) is 2.47. The smallest absolute Gasteiger partial charge is 0.280 e. The van der Waals surface area contributed by atoms with E-state index in [0.29, 0.717) is 6.54 Å². The van der Waals surface area contributed by atoms with Gasteiger partial charge in [0.2, 0.25) is 0 Å². The van der Waals surface area contributed by atoms with Gasteiger partial charge in [0.1, 0.15) is 0 Å². The minimum atomic E-state index is -0.625. The number of hydrogen-bond donors (Lipinski definition) is 5. The number of nitrogens with two attached hydrogens (primary N) is 4. The van der Waals surface area contributed by atoms with Gasteiger partial charge in [0.05, 0.1) is 0 Å². The third-order valence-corrected chi connectivity index (χ3v) is 5.33. The Labute approximate surface area is 220 Å². The minimum Gasteiger partial charge on any atom is -0.382 e. The Bertz CT molecular complexity index is 717. The second-order valence-electron chi connectivity index (χ2n) is 7.28. The Kier molecular flexibility index (Phi) is 20.9. The maximum absolute atomic E-state index is 12.2. The summed E-state index contributed by atoms with van der Waals surface area (Å²) in [6, 6.07) is 0. The Morgan fingerprint density at radius 1 is 1.09 bits per heavy atom. The maximum atomic E-state index is 12.2. The predicted molar refractivity (Wildman–Crippen MR) is 145 cm³/mol. The number of carbonyl (C=O) groups is 1. The van der Waals surface area contributed by atoms with E-state index >= 15 is 0 Å². The molecular weight excluding hydrogens is 512 g/mol. The van der Waals surface area contributed by atoms with Gasteiger partial charge in [0.15, 0.2) is 28.4 Å². The standard InChI is InChI=1S/C18H32ClN9O.CH4.3ClH/c19-14-16(22)26-15(21)13(25-14)17(29)27-18(23)24-8-2-1-4-12-5-10-28(11-6-12)9-3-7-20;;;;/h12H,1-11,20H2,(H4,21,22,26)(H3,23,24,27,29);1H4;3*1H. The lowest BCUT2D eigenvalue weighted by atomic mass is 9.91. The number of unbranched alkanes of at least 4 members (excludes halogenated alkanes) is 1. The van der Waals surface area contributed by atoms with Gasteiger partial charge in [-0.3, -0.25) is 15.1 Å². The van der Waals surface area contributed by atoms with Crippen LogP contribution in [0, 0.1) is 5.92 Å². The van der Waals surface area contributed by atoms with Crippen LogP contribution in [-0.2, 0) is 0 Å². The minimum absolute atomic E-state index is 0. The number of guanidine groups is 1. The molecule has 14 heteroatoms. The van der Waals surface area contributed by atoms with Crippen LogP contribution in [0.25, 0.3) is 0 Å². The van der Waals surface area contributed by atoms with Crippen molar-refractivity contribution in [2.45, 2.75) is 46.0 Å². The molecule has 9 N–H and O–H groups in total. The molecule has 0 spiro atoms. The fourth-order valence-corrected chi connectivity index (χ4v) is 3.51. The van der Waals surface area contributed by atoms with Crippen molar-refractivity contribution in [2.24, 2.45) is 22.4 Å². The topological polar surface area (TPSA) is 175 Å². The first kappa shape index (κ1) is 36.3. The molecule has 2 heterocycles. The number of halogens is 4. The summed E-state index contributed by atoms with van der Waals surface area (Å²) in [6.07, 6.45) is 6.77. The van der Waals surface area contributed by atoms with Crippen molar-refractivity contribution in [1.82, 2.24) is 20.2 Å². The molecular formula is C19H39Cl4N9O. The van der Waals surface area contributed by atoms with E-state index in [4.69, 9.17) is 34.5 Å². The van der Waals surface area contributed by atoms with Crippen molar-refractivity contribution < 1.29 is 4.79 Å². The van der Waals surface area contributed by atoms with E-state index < -0.39 is 5.91 Å². The number of aliphatic imine (C=N–C) groups is 1. The van der Waals surface area contributed by atoms with Gasteiger partial charge in [-0.2, -0.15) is 0 Å². The zero-order chi connectivity index (χ0) is 21.2. The van der Waals surface area contributed by atoms with Crippen molar-refractivity contribution in [3.63, 3.8) is 0 Å². The summed E-state index contributed by atoms with van der Waals surface area (Å²) in [5.74, 6) is 0.00809. The van der Waals surface area contributed by atoms with E-state index in [-0.39, 0.29) is 73.1 Å². The fourth-order valence-electron chi connectivity index (χ4n) is 3.38. The zero-order valence-corrected chi connectivity index (χ0v) is 21.2. The van der Waals surface area contributed by atoms with Crippen molar-refractivity contribution in [3.8, 4) is 0 Å². The van der Waals surface area contributed by atoms with Crippen molar-refractivity contribution >= 4 is 72.3 Å². The van der Waals surface area contributed by atoms with Crippen molar-refractivity contribution in [1.29, 1.82) is 0 Å². The molecule has 1 aromatic rings. The molecule has 0 aliphatic carbocycles. The first-order chi connectivity index (χ1) is 13.9. The van der Waals surface area contributed by atoms with Gasteiger partial charge < -0.3 is 27.8 Å². The molecule has 194 valence electrons. The first-order valence-electron chi connectivity index (χ1n) is 10.0. The van der Waals surface area contributed by atoms with E-state index in [1.807, 2.05) is 0 Å². The average molecular weight is 551 g/mol. The number of anilines is 2. The zero-order valence-electron chi connectivity index (χ0n) is 18.0. The lowest BCUT2D eigenvalue weighted by Gasteiger charge is -2.31. The van der Waals surface area contributed by atoms with Gasteiger partial charge in [0.25, 0.3) is 5.91 Å². The molecule has 0 bridgehead atoms. The average Bonchev–Trinajstić information content (AvgIpc) is 2.69. The summed E-state index contributed by atoms with van der Waals surface area (Å²) in [7, 11) is 0. The van der Waals surface area contributed by atoms with Crippen molar-refractivity contribution in [2.75, 3.05) is 44.2 Å². The SMILES string of the molecule is C.Cl.Cl.Cl.NCCCN1CCC(CCCCN=C(N)NC(=O)c2nc(Cl)c(N)nc2N)CC1. The summed E-state index contributed by atoms with van der Waals surface area (Å²) >= 11 is 5.78. The molecule has 10 nitrogen and oxygen atoms in total. The van der Waals surface area contributed by atoms with Gasteiger partial charge in [-0.1, -0.05) is 31.9 Å². The number of nitrogens with one attached hydrogen (secondary N) is 1. The summed E-state index contributed by atoms with van der Waals surface area (Å²) in [6.45, 7) is 4.76. The van der Waals surface area contributed by atoms with Gasteiger partial charge >= 0.3 is 0 Å². The second-order valence-corrected chi connectivity index (χ2v) is 7.64.